The second-order valence-electron chi connectivity index (χ2n) is 3.22. The molecule has 1 aliphatic rings. The van der Waals surface area contributed by atoms with Crippen LogP contribution in [0.3, 0.4) is 0 Å². The first-order chi connectivity index (χ1) is 6.47. The molecule has 1 aromatic heterocycles. The first-order valence-corrected chi connectivity index (χ1v) is 4.78. The van der Waals surface area contributed by atoms with E-state index in [-0.39, 0.29) is 0 Å². The van der Waals surface area contributed by atoms with Gasteiger partial charge >= 0.3 is 0 Å². The number of rotatable bonds is 1. The molecule has 0 atom stereocenters. The largest absolute Gasteiger partial charge is 0.356 e. The maximum Gasteiger partial charge on any atom is 0.128 e. The molecular formula is C11H14N2. The zero-order valence-corrected chi connectivity index (χ0v) is 7.69. The minimum absolute atomic E-state index is 1.09. The van der Waals surface area contributed by atoms with E-state index in [1.165, 1.54) is 0 Å². The minimum atomic E-state index is 1.09. The van der Waals surface area contributed by atoms with Crippen LogP contribution in [0.2, 0.25) is 0 Å². The van der Waals surface area contributed by atoms with E-state index in [1.54, 1.807) is 0 Å². The maximum absolute atomic E-state index is 4.34. The Labute approximate surface area is 78.9 Å². The van der Waals surface area contributed by atoms with Gasteiger partial charge in [0.05, 0.1) is 0 Å². The highest BCUT2D eigenvalue weighted by Gasteiger charge is 2.06. The average Bonchev–Trinajstić information content (AvgIpc) is 2.47. The van der Waals surface area contributed by atoms with Crippen molar-refractivity contribution in [2.45, 2.75) is 12.8 Å². The summed E-state index contributed by atoms with van der Waals surface area (Å²) in [6.45, 7) is 2.18. The molecule has 0 aliphatic carbocycles. The fourth-order valence-electron chi connectivity index (χ4n) is 1.58. The van der Waals surface area contributed by atoms with Crippen LogP contribution in [0.25, 0.3) is 0 Å². The SMILES string of the molecule is C1=CCCN(c2ccccn2)CC1. The highest BCUT2D eigenvalue weighted by molar-refractivity contribution is 5.38. The number of anilines is 1. The van der Waals surface area contributed by atoms with Crippen LogP contribution in [0, 0.1) is 0 Å². The number of hydrogen-bond acceptors (Lipinski definition) is 2. The van der Waals surface area contributed by atoms with Gasteiger partial charge in [-0.2, -0.15) is 0 Å². The Hall–Kier alpha value is -1.31. The predicted molar refractivity (Wildman–Crippen MR) is 54.8 cm³/mol. The normalized spacial score (nSPS) is 17.1. The van der Waals surface area contributed by atoms with E-state index in [4.69, 9.17) is 0 Å². The first-order valence-electron chi connectivity index (χ1n) is 4.78. The third kappa shape index (κ3) is 2.08. The van der Waals surface area contributed by atoms with Gasteiger partial charge in [-0.05, 0) is 25.0 Å². The topological polar surface area (TPSA) is 16.1 Å². The van der Waals surface area contributed by atoms with Crippen LogP contribution in [0.15, 0.2) is 36.5 Å². The van der Waals surface area contributed by atoms with Crippen LogP contribution in [-0.2, 0) is 0 Å². The monoisotopic (exact) mass is 174 g/mol. The van der Waals surface area contributed by atoms with Crippen LogP contribution < -0.4 is 4.90 Å². The lowest BCUT2D eigenvalue weighted by Crippen LogP contribution is -2.24. The van der Waals surface area contributed by atoms with E-state index < -0.39 is 0 Å². The molecule has 1 aliphatic heterocycles. The van der Waals surface area contributed by atoms with Gasteiger partial charge in [0.2, 0.25) is 0 Å². The van der Waals surface area contributed by atoms with Crippen molar-refractivity contribution in [3.63, 3.8) is 0 Å². The molecule has 0 saturated carbocycles. The van der Waals surface area contributed by atoms with Crippen LogP contribution in [0.1, 0.15) is 12.8 Å². The fraction of sp³-hybridized carbons (Fsp3) is 0.364. The van der Waals surface area contributed by atoms with Gasteiger partial charge in [0, 0.05) is 19.3 Å². The quantitative estimate of drug-likeness (QED) is 0.607. The molecular weight excluding hydrogens is 160 g/mol. The van der Waals surface area contributed by atoms with Gasteiger partial charge in [-0.15, -0.1) is 0 Å². The van der Waals surface area contributed by atoms with E-state index in [1.807, 2.05) is 18.3 Å². The summed E-state index contributed by atoms with van der Waals surface area (Å²) in [5, 5.41) is 0. The summed E-state index contributed by atoms with van der Waals surface area (Å²) in [4.78, 5) is 6.68. The fourth-order valence-corrected chi connectivity index (χ4v) is 1.58. The summed E-state index contributed by atoms with van der Waals surface area (Å²) >= 11 is 0. The molecule has 0 bridgehead atoms. The zero-order valence-electron chi connectivity index (χ0n) is 7.69. The van der Waals surface area contributed by atoms with E-state index in [0.717, 1.165) is 31.7 Å². The molecule has 0 aromatic carbocycles. The van der Waals surface area contributed by atoms with Crippen molar-refractivity contribution in [3.05, 3.63) is 36.5 Å². The highest BCUT2D eigenvalue weighted by atomic mass is 15.2. The molecule has 1 aromatic rings. The van der Waals surface area contributed by atoms with E-state index in [0.29, 0.717) is 0 Å². The van der Waals surface area contributed by atoms with Crippen molar-refractivity contribution in [3.8, 4) is 0 Å². The Morgan fingerprint density at radius 1 is 1.08 bits per heavy atom. The molecule has 0 unspecified atom stereocenters. The Morgan fingerprint density at radius 2 is 1.85 bits per heavy atom. The molecule has 0 N–H and O–H groups in total. The van der Waals surface area contributed by atoms with Gasteiger partial charge in [-0.1, -0.05) is 18.2 Å². The second-order valence-corrected chi connectivity index (χ2v) is 3.22. The molecule has 2 nitrogen and oxygen atoms in total. The van der Waals surface area contributed by atoms with Crippen LogP contribution >= 0.6 is 0 Å². The first kappa shape index (κ1) is 8.30. The summed E-state index contributed by atoms with van der Waals surface area (Å²) < 4.78 is 0. The van der Waals surface area contributed by atoms with Crippen molar-refractivity contribution in [2.24, 2.45) is 0 Å². The van der Waals surface area contributed by atoms with Crippen molar-refractivity contribution in [1.29, 1.82) is 0 Å². The van der Waals surface area contributed by atoms with E-state index >= 15 is 0 Å². The van der Waals surface area contributed by atoms with Crippen molar-refractivity contribution >= 4 is 5.82 Å². The molecule has 13 heavy (non-hydrogen) atoms. The van der Waals surface area contributed by atoms with Crippen LogP contribution in [0.4, 0.5) is 5.82 Å². The van der Waals surface area contributed by atoms with Crippen LogP contribution in [0.5, 0.6) is 0 Å². The highest BCUT2D eigenvalue weighted by Crippen LogP contribution is 2.12. The van der Waals surface area contributed by atoms with Gasteiger partial charge in [0.15, 0.2) is 0 Å². The molecule has 0 saturated heterocycles. The van der Waals surface area contributed by atoms with Crippen molar-refractivity contribution < 1.29 is 0 Å². The third-order valence-corrected chi connectivity index (χ3v) is 2.27. The van der Waals surface area contributed by atoms with Gasteiger partial charge in [-0.3, -0.25) is 0 Å². The molecule has 68 valence electrons. The zero-order chi connectivity index (χ0) is 8.93. The second kappa shape index (κ2) is 4.08. The smallest absolute Gasteiger partial charge is 0.128 e. The van der Waals surface area contributed by atoms with E-state index in [2.05, 4.69) is 28.1 Å². The summed E-state index contributed by atoms with van der Waals surface area (Å²) in [6.07, 6.45) is 8.63. The van der Waals surface area contributed by atoms with Gasteiger partial charge < -0.3 is 4.90 Å². The number of pyridine rings is 1. The van der Waals surface area contributed by atoms with Crippen molar-refractivity contribution in [1.82, 2.24) is 4.98 Å². The number of aromatic nitrogens is 1. The number of hydrogen-bond donors (Lipinski definition) is 0. The summed E-state index contributed by atoms with van der Waals surface area (Å²) in [6, 6.07) is 6.07. The lowest BCUT2D eigenvalue weighted by molar-refractivity contribution is 0.797. The maximum atomic E-state index is 4.34. The summed E-state index contributed by atoms with van der Waals surface area (Å²) in [5.41, 5.74) is 0. The third-order valence-electron chi connectivity index (χ3n) is 2.27. The molecule has 0 radical (unpaired) electrons. The Balaban J connectivity index is 2.09. The Kier molecular flexibility index (Phi) is 2.60. The molecule has 2 heterocycles. The predicted octanol–water partition coefficient (Wildman–Crippen LogP) is 2.24. The van der Waals surface area contributed by atoms with Crippen LogP contribution in [-0.4, -0.2) is 18.1 Å². The average molecular weight is 174 g/mol. The lowest BCUT2D eigenvalue weighted by atomic mass is 10.3. The van der Waals surface area contributed by atoms with Gasteiger partial charge in [0.25, 0.3) is 0 Å². The molecule has 0 amide bonds. The summed E-state index contributed by atoms with van der Waals surface area (Å²) in [7, 11) is 0. The molecule has 2 rings (SSSR count). The minimum Gasteiger partial charge on any atom is -0.356 e. The number of nitrogens with zero attached hydrogens (tertiary/aromatic N) is 2. The summed E-state index contributed by atoms with van der Waals surface area (Å²) in [5.74, 6) is 1.10. The Bertz CT molecular complexity index is 269. The van der Waals surface area contributed by atoms with Crippen molar-refractivity contribution in [2.75, 3.05) is 18.0 Å². The standard InChI is InChI=1S/C11H14N2/c1-2-6-10-13(9-5-1)11-7-3-4-8-12-11/h1-4,7-8H,5-6,9-10H2. The van der Waals surface area contributed by atoms with Gasteiger partial charge in [-0.25, -0.2) is 4.98 Å². The molecule has 0 fully saturated rings. The molecule has 2 heteroatoms. The lowest BCUT2D eigenvalue weighted by Gasteiger charge is -2.20. The van der Waals surface area contributed by atoms with Gasteiger partial charge in [0.1, 0.15) is 5.82 Å². The van der Waals surface area contributed by atoms with E-state index in [9.17, 15) is 0 Å². The molecule has 0 spiro atoms. The Morgan fingerprint density at radius 3 is 2.46 bits per heavy atom.